The number of ketones is 1. The van der Waals surface area contributed by atoms with E-state index in [1.165, 1.54) is 6.92 Å². The number of hydrogen-bond donors (Lipinski definition) is 2. The van der Waals surface area contributed by atoms with Crippen LogP contribution in [0.4, 0.5) is 4.79 Å². The van der Waals surface area contributed by atoms with Crippen molar-refractivity contribution in [2.75, 3.05) is 13.2 Å². The molecule has 15 heavy (non-hydrogen) atoms. The summed E-state index contributed by atoms with van der Waals surface area (Å²) in [6, 6.07) is 0. The molecule has 3 N–H and O–H groups in total. The maximum atomic E-state index is 11.0. The van der Waals surface area contributed by atoms with E-state index >= 15 is 0 Å². The van der Waals surface area contributed by atoms with Crippen LogP contribution in [0.1, 0.15) is 13.8 Å². The standard InChI is InChI=1S/C8H14ClN3O3/c1-3-15-8(14)12-11-5(2)7(9)6(13)4-10/h7H,3-4,10H2,1-2H3,(H,12,14). The molecule has 0 heterocycles. The van der Waals surface area contributed by atoms with E-state index in [9.17, 15) is 9.59 Å². The maximum absolute atomic E-state index is 11.0. The lowest BCUT2D eigenvalue weighted by atomic mass is 10.2. The molecule has 0 aliphatic heterocycles. The van der Waals surface area contributed by atoms with Gasteiger partial charge in [0, 0.05) is 0 Å². The summed E-state index contributed by atoms with van der Waals surface area (Å²) in [5, 5.41) is 2.68. The van der Waals surface area contributed by atoms with Gasteiger partial charge in [0.2, 0.25) is 0 Å². The fourth-order valence-corrected chi connectivity index (χ4v) is 0.828. The Morgan fingerprint density at radius 3 is 2.67 bits per heavy atom. The van der Waals surface area contributed by atoms with Crippen molar-refractivity contribution < 1.29 is 14.3 Å². The third-order valence-electron chi connectivity index (χ3n) is 1.45. The molecular formula is C8H14ClN3O3. The molecule has 86 valence electrons. The number of carbonyl (C=O) groups excluding carboxylic acids is 2. The minimum Gasteiger partial charge on any atom is -0.449 e. The Bertz CT molecular complexity index is 268. The van der Waals surface area contributed by atoms with Gasteiger partial charge in [0.25, 0.3) is 0 Å². The zero-order valence-corrected chi connectivity index (χ0v) is 9.37. The second kappa shape index (κ2) is 7.19. The molecule has 0 saturated carbocycles. The summed E-state index contributed by atoms with van der Waals surface area (Å²) in [6.07, 6.45) is -0.694. The van der Waals surface area contributed by atoms with Crippen molar-refractivity contribution in [1.82, 2.24) is 5.43 Å². The van der Waals surface area contributed by atoms with E-state index in [2.05, 4.69) is 15.3 Å². The van der Waals surface area contributed by atoms with Crippen molar-refractivity contribution in [3.8, 4) is 0 Å². The highest BCUT2D eigenvalue weighted by Gasteiger charge is 2.17. The molecule has 6 nitrogen and oxygen atoms in total. The fourth-order valence-electron chi connectivity index (χ4n) is 0.690. The van der Waals surface area contributed by atoms with Crippen LogP contribution in [0.5, 0.6) is 0 Å². The van der Waals surface area contributed by atoms with Gasteiger partial charge in [-0.2, -0.15) is 5.10 Å². The van der Waals surface area contributed by atoms with Crippen LogP contribution < -0.4 is 11.2 Å². The molecule has 0 spiro atoms. The number of nitrogens with zero attached hydrogens (tertiary/aromatic N) is 1. The van der Waals surface area contributed by atoms with E-state index < -0.39 is 11.5 Å². The number of hydrazone groups is 1. The Balaban J connectivity index is 4.19. The van der Waals surface area contributed by atoms with Crippen LogP contribution in [-0.2, 0) is 9.53 Å². The lowest BCUT2D eigenvalue weighted by Crippen LogP contribution is -2.31. The summed E-state index contributed by atoms with van der Waals surface area (Å²) >= 11 is 5.69. The second-order valence-corrected chi connectivity index (χ2v) is 3.05. The minimum absolute atomic E-state index is 0.166. The van der Waals surface area contributed by atoms with Crippen molar-refractivity contribution in [1.29, 1.82) is 0 Å². The molecule has 0 bridgehead atoms. The molecule has 1 atom stereocenters. The van der Waals surface area contributed by atoms with Crippen LogP contribution in [0, 0.1) is 0 Å². The quantitative estimate of drug-likeness (QED) is 0.406. The SMILES string of the molecule is CCOC(=O)NN=C(C)C(Cl)C(=O)CN. The molecule has 0 rings (SSSR count). The van der Waals surface area contributed by atoms with Crippen LogP contribution in [0.15, 0.2) is 5.10 Å². The van der Waals surface area contributed by atoms with Crippen molar-refractivity contribution in [2.45, 2.75) is 19.2 Å². The lowest BCUT2D eigenvalue weighted by molar-refractivity contribution is -0.116. The van der Waals surface area contributed by atoms with Crippen molar-refractivity contribution in [3.63, 3.8) is 0 Å². The Kier molecular flexibility index (Phi) is 6.64. The molecule has 1 unspecified atom stereocenters. The Labute approximate surface area is 92.8 Å². The number of Topliss-reactive ketones (excluding diaryl/α,β-unsaturated/α-hetero) is 1. The topological polar surface area (TPSA) is 93.8 Å². The molecule has 0 aliphatic carbocycles. The van der Waals surface area contributed by atoms with E-state index in [0.29, 0.717) is 0 Å². The van der Waals surface area contributed by atoms with Gasteiger partial charge >= 0.3 is 6.09 Å². The predicted octanol–water partition coefficient (Wildman–Crippen LogP) is 0.244. The summed E-state index contributed by atoms with van der Waals surface area (Å²) in [5.41, 5.74) is 7.47. The molecule has 0 radical (unpaired) electrons. The average molecular weight is 236 g/mol. The number of alkyl halides is 1. The third kappa shape index (κ3) is 5.34. The number of hydrogen-bond acceptors (Lipinski definition) is 5. The van der Waals surface area contributed by atoms with E-state index in [-0.39, 0.29) is 24.6 Å². The molecule has 0 aromatic rings. The molecule has 0 saturated heterocycles. The summed E-state index contributed by atoms with van der Waals surface area (Å²) in [7, 11) is 0. The fraction of sp³-hybridized carbons (Fsp3) is 0.625. The third-order valence-corrected chi connectivity index (χ3v) is 2.01. The van der Waals surface area contributed by atoms with Gasteiger partial charge in [-0.3, -0.25) is 4.79 Å². The summed E-state index contributed by atoms with van der Waals surface area (Å²) in [4.78, 5) is 21.9. The van der Waals surface area contributed by atoms with Crippen LogP contribution in [0.25, 0.3) is 0 Å². The van der Waals surface area contributed by atoms with E-state index in [0.717, 1.165) is 0 Å². The van der Waals surface area contributed by atoms with Crippen LogP contribution in [-0.4, -0.2) is 36.1 Å². The van der Waals surface area contributed by atoms with Gasteiger partial charge in [0.15, 0.2) is 5.78 Å². The Morgan fingerprint density at radius 2 is 2.20 bits per heavy atom. The highest BCUT2D eigenvalue weighted by Crippen LogP contribution is 1.99. The number of nitrogens with two attached hydrogens (primary N) is 1. The second-order valence-electron chi connectivity index (χ2n) is 2.62. The normalized spacial score (nSPS) is 13.2. The Morgan fingerprint density at radius 1 is 1.60 bits per heavy atom. The monoisotopic (exact) mass is 235 g/mol. The first-order valence-electron chi connectivity index (χ1n) is 4.36. The first-order valence-corrected chi connectivity index (χ1v) is 4.80. The number of amides is 1. The Hall–Kier alpha value is -1.14. The zero-order chi connectivity index (χ0) is 11.8. The van der Waals surface area contributed by atoms with Gasteiger partial charge in [-0.1, -0.05) is 0 Å². The summed E-state index contributed by atoms with van der Waals surface area (Å²) < 4.78 is 4.55. The number of halogens is 1. The largest absolute Gasteiger partial charge is 0.449 e. The zero-order valence-electron chi connectivity index (χ0n) is 8.62. The van der Waals surface area contributed by atoms with Crippen LogP contribution >= 0.6 is 11.6 Å². The van der Waals surface area contributed by atoms with Gasteiger partial charge in [0.1, 0.15) is 5.38 Å². The highest BCUT2D eigenvalue weighted by molar-refractivity contribution is 6.42. The molecular weight excluding hydrogens is 222 g/mol. The maximum Gasteiger partial charge on any atom is 0.427 e. The molecule has 0 aliphatic rings. The van der Waals surface area contributed by atoms with Crippen LogP contribution in [0.2, 0.25) is 0 Å². The molecule has 0 aromatic carbocycles. The van der Waals surface area contributed by atoms with E-state index in [4.69, 9.17) is 17.3 Å². The van der Waals surface area contributed by atoms with E-state index in [1.54, 1.807) is 6.92 Å². The summed E-state index contributed by atoms with van der Waals surface area (Å²) in [5.74, 6) is -0.358. The molecule has 0 fully saturated rings. The first-order chi connectivity index (χ1) is 7.02. The molecule has 7 heteroatoms. The van der Waals surface area contributed by atoms with Crippen molar-refractivity contribution >= 4 is 29.2 Å². The minimum atomic E-state index is -0.920. The van der Waals surface area contributed by atoms with Crippen molar-refractivity contribution in [2.24, 2.45) is 10.8 Å². The molecule has 0 aromatic heterocycles. The highest BCUT2D eigenvalue weighted by atomic mass is 35.5. The number of carbonyl (C=O) groups is 2. The number of nitrogens with one attached hydrogen (secondary N) is 1. The lowest BCUT2D eigenvalue weighted by Gasteiger charge is -2.06. The molecule has 1 amide bonds. The number of ether oxygens (including phenoxy) is 1. The average Bonchev–Trinajstić information content (AvgIpc) is 2.24. The smallest absolute Gasteiger partial charge is 0.427 e. The summed E-state index contributed by atoms with van der Waals surface area (Å²) in [6.45, 7) is 3.25. The van der Waals surface area contributed by atoms with E-state index in [1.807, 2.05) is 0 Å². The van der Waals surface area contributed by atoms with Gasteiger partial charge < -0.3 is 10.5 Å². The number of rotatable bonds is 5. The van der Waals surface area contributed by atoms with Gasteiger partial charge in [-0.15, -0.1) is 11.6 Å². The van der Waals surface area contributed by atoms with Gasteiger partial charge in [0.05, 0.1) is 18.9 Å². The van der Waals surface area contributed by atoms with Crippen LogP contribution in [0.3, 0.4) is 0 Å². The first kappa shape index (κ1) is 13.9. The van der Waals surface area contributed by atoms with Gasteiger partial charge in [-0.05, 0) is 13.8 Å². The van der Waals surface area contributed by atoms with Gasteiger partial charge in [-0.25, -0.2) is 10.2 Å². The van der Waals surface area contributed by atoms with Crippen molar-refractivity contribution in [3.05, 3.63) is 0 Å². The predicted molar refractivity (Wildman–Crippen MR) is 57.0 cm³/mol.